The topological polar surface area (TPSA) is 4.93 Å². The molecule has 15 heavy (non-hydrogen) atoms. The number of hydrogen-bond acceptors (Lipinski definition) is 0. The zero-order valence-corrected chi connectivity index (χ0v) is 10.7. The lowest BCUT2D eigenvalue weighted by molar-refractivity contribution is 0.629. The fourth-order valence-corrected chi connectivity index (χ4v) is 2.67. The molecule has 1 aromatic carbocycles. The summed E-state index contributed by atoms with van der Waals surface area (Å²) in [5, 5.41) is 1.00. The van der Waals surface area contributed by atoms with Crippen molar-refractivity contribution in [1.29, 1.82) is 0 Å². The third-order valence-corrected chi connectivity index (χ3v) is 3.40. The van der Waals surface area contributed by atoms with Gasteiger partial charge in [0.1, 0.15) is 5.82 Å². The summed E-state index contributed by atoms with van der Waals surface area (Å²) < 4.78 is 16.5. The smallest absolute Gasteiger partial charge is 0.148 e. The van der Waals surface area contributed by atoms with E-state index in [1.54, 1.807) is 0 Å². The molecule has 0 aliphatic heterocycles. The van der Waals surface area contributed by atoms with Crippen LogP contribution in [0.25, 0.3) is 10.9 Å². The minimum atomic E-state index is -0.162. The second-order valence-electron chi connectivity index (χ2n) is 3.77. The molecule has 3 heteroatoms. The molecule has 1 nitrogen and oxygen atoms in total. The Bertz CT molecular complexity index is 528. The maximum absolute atomic E-state index is 13.8. The molecule has 2 aromatic rings. The second-order valence-corrected chi connectivity index (χ2v) is 4.68. The van der Waals surface area contributed by atoms with E-state index >= 15 is 0 Å². The number of rotatable bonds is 1. The third-order valence-electron chi connectivity index (χ3n) is 2.94. The molecular weight excluding hydrogens is 257 g/mol. The standard InChI is InChI=1S/C12H13BrFN/c1-4-11-7(2)9-5-8(13)6-10(14)12(9)15(11)3/h5-6H,4H2,1-3H3. The van der Waals surface area contributed by atoms with Crippen molar-refractivity contribution in [2.45, 2.75) is 20.3 Å². The molecule has 0 aliphatic carbocycles. The highest BCUT2D eigenvalue weighted by Gasteiger charge is 2.14. The van der Waals surface area contributed by atoms with E-state index in [4.69, 9.17) is 0 Å². The van der Waals surface area contributed by atoms with Crippen LogP contribution in [0.1, 0.15) is 18.2 Å². The van der Waals surface area contributed by atoms with Crippen molar-refractivity contribution in [3.05, 3.63) is 33.7 Å². The van der Waals surface area contributed by atoms with Gasteiger partial charge in [0.15, 0.2) is 0 Å². The first-order valence-corrected chi connectivity index (χ1v) is 5.78. The molecule has 0 amide bonds. The fraction of sp³-hybridized carbons (Fsp3) is 0.333. The maximum atomic E-state index is 13.8. The summed E-state index contributed by atoms with van der Waals surface area (Å²) in [6.45, 7) is 4.14. The Hall–Kier alpha value is -0.830. The molecule has 0 saturated carbocycles. The quantitative estimate of drug-likeness (QED) is 0.739. The number of hydrogen-bond donors (Lipinski definition) is 0. The molecule has 0 saturated heterocycles. The van der Waals surface area contributed by atoms with Crippen LogP contribution < -0.4 is 0 Å². The van der Waals surface area contributed by atoms with Crippen LogP contribution in [0, 0.1) is 12.7 Å². The van der Waals surface area contributed by atoms with Crippen molar-refractivity contribution < 1.29 is 4.39 Å². The van der Waals surface area contributed by atoms with Gasteiger partial charge in [-0.05, 0) is 31.0 Å². The molecule has 0 spiro atoms. The number of aryl methyl sites for hydroxylation is 2. The highest BCUT2D eigenvalue weighted by Crippen LogP contribution is 2.30. The van der Waals surface area contributed by atoms with Crippen LogP contribution in [-0.4, -0.2) is 4.57 Å². The summed E-state index contributed by atoms with van der Waals surface area (Å²) in [6, 6.07) is 3.49. The molecular formula is C12H13BrFN. The highest BCUT2D eigenvalue weighted by atomic mass is 79.9. The van der Waals surface area contributed by atoms with Crippen LogP contribution in [0.3, 0.4) is 0 Å². The van der Waals surface area contributed by atoms with E-state index in [-0.39, 0.29) is 5.82 Å². The summed E-state index contributed by atoms with van der Waals surface area (Å²) in [4.78, 5) is 0. The van der Waals surface area contributed by atoms with Gasteiger partial charge in [-0.2, -0.15) is 0 Å². The molecule has 2 rings (SSSR count). The maximum Gasteiger partial charge on any atom is 0.148 e. The molecule has 0 aliphatic rings. The summed E-state index contributed by atoms with van der Waals surface area (Å²) in [5.74, 6) is -0.162. The first kappa shape index (κ1) is 10.7. The van der Waals surface area contributed by atoms with E-state index in [9.17, 15) is 4.39 Å². The minimum absolute atomic E-state index is 0.162. The van der Waals surface area contributed by atoms with Gasteiger partial charge >= 0.3 is 0 Å². The predicted octanol–water partition coefficient (Wildman–Crippen LogP) is 3.95. The zero-order valence-electron chi connectivity index (χ0n) is 9.06. The van der Waals surface area contributed by atoms with Gasteiger partial charge in [0.05, 0.1) is 5.52 Å². The minimum Gasteiger partial charge on any atom is -0.345 e. The van der Waals surface area contributed by atoms with Crippen molar-refractivity contribution >= 4 is 26.8 Å². The molecule has 1 aromatic heterocycles. The van der Waals surface area contributed by atoms with E-state index in [0.717, 1.165) is 16.3 Å². The van der Waals surface area contributed by atoms with E-state index in [0.29, 0.717) is 5.52 Å². The molecule has 0 bridgehead atoms. The Morgan fingerprint density at radius 1 is 1.40 bits per heavy atom. The number of nitrogens with zero attached hydrogens (tertiary/aromatic N) is 1. The highest BCUT2D eigenvalue weighted by molar-refractivity contribution is 9.10. The van der Waals surface area contributed by atoms with Gasteiger partial charge in [-0.15, -0.1) is 0 Å². The normalized spacial score (nSPS) is 11.3. The lowest BCUT2D eigenvalue weighted by Gasteiger charge is -2.02. The molecule has 80 valence electrons. The average molecular weight is 270 g/mol. The monoisotopic (exact) mass is 269 g/mol. The van der Waals surface area contributed by atoms with Crippen LogP contribution in [-0.2, 0) is 13.5 Å². The van der Waals surface area contributed by atoms with Gasteiger partial charge in [-0.25, -0.2) is 4.39 Å². The van der Waals surface area contributed by atoms with Gasteiger partial charge in [-0.3, -0.25) is 0 Å². The second kappa shape index (κ2) is 3.63. The van der Waals surface area contributed by atoms with E-state index < -0.39 is 0 Å². The Kier molecular flexibility index (Phi) is 2.59. The van der Waals surface area contributed by atoms with Gasteiger partial charge in [0.2, 0.25) is 0 Å². The molecule has 0 fully saturated rings. The Labute approximate surface area is 97.0 Å². The Balaban J connectivity index is 2.95. The lowest BCUT2D eigenvalue weighted by atomic mass is 10.1. The Morgan fingerprint density at radius 2 is 2.07 bits per heavy atom. The first-order chi connectivity index (χ1) is 7.06. The molecule has 0 radical (unpaired) electrons. The van der Waals surface area contributed by atoms with Gasteiger partial charge in [0, 0.05) is 22.6 Å². The summed E-state index contributed by atoms with van der Waals surface area (Å²) >= 11 is 3.32. The molecule has 1 heterocycles. The van der Waals surface area contributed by atoms with E-state index in [1.165, 1.54) is 17.3 Å². The summed E-state index contributed by atoms with van der Waals surface area (Å²) in [7, 11) is 1.92. The predicted molar refractivity (Wildman–Crippen MR) is 64.7 cm³/mol. The first-order valence-electron chi connectivity index (χ1n) is 4.99. The van der Waals surface area contributed by atoms with Gasteiger partial charge < -0.3 is 4.57 Å². The van der Waals surface area contributed by atoms with Gasteiger partial charge in [0.25, 0.3) is 0 Å². The van der Waals surface area contributed by atoms with Crippen LogP contribution in [0.2, 0.25) is 0 Å². The molecule has 0 atom stereocenters. The Morgan fingerprint density at radius 3 is 2.67 bits per heavy atom. The van der Waals surface area contributed by atoms with Crippen LogP contribution in [0.4, 0.5) is 4.39 Å². The van der Waals surface area contributed by atoms with Crippen LogP contribution >= 0.6 is 15.9 Å². The van der Waals surface area contributed by atoms with Crippen molar-refractivity contribution in [1.82, 2.24) is 4.57 Å². The van der Waals surface area contributed by atoms with Crippen molar-refractivity contribution in [3.63, 3.8) is 0 Å². The number of halogens is 2. The lowest BCUT2D eigenvalue weighted by Crippen LogP contribution is -1.96. The van der Waals surface area contributed by atoms with Crippen molar-refractivity contribution in [3.8, 4) is 0 Å². The van der Waals surface area contributed by atoms with Crippen LogP contribution in [0.15, 0.2) is 16.6 Å². The van der Waals surface area contributed by atoms with E-state index in [2.05, 4.69) is 22.9 Å². The number of aromatic nitrogens is 1. The largest absolute Gasteiger partial charge is 0.345 e. The van der Waals surface area contributed by atoms with Gasteiger partial charge in [-0.1, -0.05) is 22.9 Å². The zero-order chi connectivity index (χ0) is 11.2. The fourth-order valence-electron chi connectivity index (χ4n) is 2.24. The van der Waals surface area contributed by atoms with E-state index in [1.807, 2.05) is 24.6 Å². The average Bonchev–Trinajstić information content (AvgIpc) is 2.39. The SMILES string of the molecule is CCc1c(C)c2cc(Br)cc(F)c2n1C. The number of fused-ring (bicyclic) bond motifs is 1. The van der Waals surface area contributed by atoms with Crippen molar-refractivity contribution in [2.24, 2.45) is 7.05 Å². The van der Waals surface area contributed by atoms with Crippen molar-refractivity contribution in [2.75, 3.05) is 0 Å². The molecule has 0 unspecified atom stereocenters. The van der Waals surface area contributed by atoms with Crippen LogP contribution in [0.5, 0.6) is 0 Å². The number of benzene rings is 1. The third kappa shape index (κ3) is 1.49. The summed E-state index contributed by atoms with van der Waals surface area (Å²) in [5.41, 5.74) is 3.07. The molecule has 0 N–H and O–H groups in total. The summed E-state index contributed by atoms with van der Waals surface area (Å²) in [6.07, 6.45) is 0.925.